The van der Waals surface area contributed by atoms with Crippen LogP contribution in [0.3, 0.4) is 0 Å². The SMILES string of the molecule is CCc1ccccc1NC(=O)CN1CCN(C(=O)c2cnc3ccccn3c2=O)CC1. The summed E-state index contributed by atoms with van der Waals surface area (Å²) in [6.45, 7) is 4.36. The number of para-hydroxylation sites is 1. The van der Waals surface area contributed by atoms with Crippen molar-refractivity contribution in [3.63, 3.8) is 0 Å². The topological polar surface area (TPSA) is 87.0 Å². The van der Waals surface area contributed by atoms with E-state index in [9.17, 15) is 14.4 Å². The molecule has 0 unspecified atom stereocenters. The third-order valence-corrected chi connectivity index (χ3v) is 5.54. The van der Waals surface area contributed by atoms with Crippen molar-refractivity contribution in [2.45, 2.75) is 13.3 Å². The Morgan fingerprint density at radius 2 is 1.77 bits per heavy atom. The lowest BCUT2D eigenvalue weighted by Gasteiger charge is -2.34. The molecule has 0 aliphatic carbocycles. The molecule has 0 radical (unpaired) electrons. The van der Waals surface area contributed by atoms with E-state index in [0.29, 0.717) is 31.8 Å². The van der Waals surface area contributed by atoms with E-state index < -0.39 is 0 Å². The van der Waals surface area contributed by atoms with E-state index in [-0.39, 0.29) is 29.5 Å². The van der Waals surface area contributed by atoms with E-state index in [1.807, 2.05) is 29.2 Å². The molecule has 8 heteroatoms. The highest BCUT2D eigenvalue weighted by atomic mass is 16.2. The first-order chi connectivity index (χ1) is 15.1. The minimum absolute atomic E-state index is 0.0612. The van der Waals surface area contributed by atoms with Gasteiger partial charge >= 0.3 is 0 Å². The number of anilines is 1. The maximum Gasteiger partial charge on any atom is 0.270 e. The number of hydrogen-bond acceptors (Lipinski definition) is 5. The van der Waals surface area contributed by atoms with Crippen LogP contribution in [0, 0.1) is 0 Å². The first kappa shape index (κ1) is 20.7. The number of carbonyl (C=O) groups excluding carboxylic acids is 2. The minimum Gasteiger partial charge on any atom is -0.336 e. The van der Waals surface area contributed by atoms with Crippen molar-refractivity contribution in [3.8, 4) is 0 Å². The number of nitrogens with one attached hydrogen (secondary N) is 1. The highest BCUT2D eigenvalue weighted by molar-refractivity contribution is 5.94. The average molecular weight is 419 g/mol. The molecule has 1 fully saturated rings. The Morgan fingerprint density at radius 3 is 2.55 bits per heavy atom. The molecule has 0 bridgehead atoms. The van der Waals surface area contributed by atoms with Crippen molar-refractivity contribution >= 4 is 23.1 Å². The van der Waals surface area contributed by atoms with Crippen LogP contribution >= 0.6 is 0 Å². The zero-order valence-corrected chi connectivity index (χ0v) is 17.5. The number of fused-ring (bicyclic) bond motifs is 1. The second-order valence-electron chi connectivity index (χ2n) is 7.53. The lowest BCUT2D eigenvalue weighted by molar-refractivity contribution is -0.117. The second kappa shape index (κ2) is 9.09. The summed E-state index contributed by atoms with van der Waals surface area (Å²) in [6.07, 6.45) is 3.81. The van der Waals surface area contributed by atoms with Crippen LogP contribution in [0.5, 0.6) is 0 Å². The second-order valence-corrected chi connectivity index (χ2v) is 7.53. The number of benzene rings is 1. The number of piperazine rings is 1. The van der Waals surface area contributed by atoms with Gasteiger partial charge in [-0.2, -0.15) is 0 Å². The van der Waals surface area contributed by atoms with Crippen LogP contribution < -0.4 is 10.9 Å². The van der Waals surface area contributed by atoms with E-state index in [4.69, 9.17) is 0 Å². The number of carbonyl (C=O) groups is 2. The Morgan fingerprint density at radius 1 is 1.03 bits per heavy atom. The predicted molar refractivity (Wildman–Crippen MR) is 118 cm³/mol. The Hall–Kier alpha value is -3.52. The van der Waals surface area contributed by atoms with Gasteiger partial charge in [-0.05, 0) is 30.2 Å². The molecule has 3 aromatic rings. The lowest BCUT2D eigenvalue weighted by Crippen LogP contribution is -2.51. The van der Waals surface area contributed by atoms with Crippen LogP contribution in [0.2, 0.25) is 0 Å². The maximum atomic E-state index is 12.9. The molecule has 0 atom stereocenters. The van der Waals surface area contributed by atoms with Crippen molar-refractivity contribution in [2.75, 3.05) is 38.0 Å². The molecule has 1 aromatic carbocycles. The fraction of sp³-hybridized carbons (Fsp3) is 0.304. The standard InChI is InChI=1S/C23H25N5O3/c1-2-17-7-3-4-8-19(17)25-21(29)16-26-11-13-27(14-12-26)22(30)18-15-24-20-9-5-6-10-28(20)23(18)31/h3-10,15H,2,11-14,16H2,1H3,(H,25,29). The number of rotatable bonds is 5. The van der Waals surface area contributed by atoms with E-state index in [1.165, 1.54) is 10.6 Å². The maximum absolute atomic E-state index is 12.9. The summed E-state index contributed by atoms with van der Waals surface area (Å²) >= 11 is 0. The first-order valence-electron chi connectivity index (χ1n) is 10.4. The van der Waals surface area contributed by atoms with Gasteiger partial charge in [-0.3, -0.25) is 23.7 Å². The van der Waals surface area contributed by atoms with Crippen LogP contribution in [0.15, 0.2) is 59.7 Å². The van der Waals surface area contributed by atoms with Gasteiger partial charge in [-0.15, -0.1) is 0 Å². The molecule has 160 valence electrons. The molecule has 1 aliphatic heterocycles. The van der Waals surface area contributed by atoms with Crippen LogP contribution in [0.1, 0.15) is 22.8 Å². The van der Waals surface area contributed by atoms with Gasteiger partial charge in [-0.1, -0.05) is 31.2 Å². The molecule has 31 heavy (non-hydrogen) atoms. The fourth-order valence-electron chi connectivity index (χ4n) is 3.80. The highest BCUT2D eigenvalue weighted by Gasteiger charge is 2.25. The van der Waals surface area contributed by atoms with Gasteiger partial charge in [0, 0.05) is 44.3 Å². The Labute approximate surface area is 180 Å². The number of pyridine rings is 1. The molecule has 0 saturated carbocycles. The van der Waals surface area contributed by atoms with Crippen molar-refractivity contribution in [2.24, 2.45) is 0 Å². The summed E-state index contributed by atoms with van der Waals surface area (Å²) < 4.78 is 1.38. The number of nitrogens with zero attached hydrogens (tertiary/aromatic N) is 4. The smallest absolute Gasteiger partial charge is 0.270 e. The summed E-state index contributed by atoms with van der Waals surface area (Å²) in [6, 6.07) is 13.0. The zero-order chi connectivity index (χ0) is 21.8. The van der Waals surface area contributed by atoms with Crippen LogP contribution in [0.25, 0.3) is 5.65 Å². The van der Waals surface area contributed by atoms with Gasteiger partial charge in [0.2, 0.25) is 5.91 Å². The van der Waals surface area contributed by atoms with Gasteiger partial charge in [0.25, 0.3) is 11.5 Å². The molecular weight excluding hydrogens is 394 g/mol. The molecule has 2 aromatic heterocycles. The van der Waals surface area contributed by atoms with Crippen molar-refractivity contribution in [3.05, 3.63) is 76.3 Å². The van der Waals surface area contributed by atoms with E-state index in [0.717, 1.165) is 17.7 Å². The third kappa shape index (κ3) is 4.49. The molecule has 1 aliphatic rings. The van der Waals surface area contributed by atoms with E-state index in [1.54, 1.807) is 29.3 Å². The number of hydrogen-bond donors (Lipinski definition) is 1. The van der Waals surface area contributed by atoms with Crippen molar-refractivity contribution in [1.29, 1.82) is 0 Å². The summed E-state index contributed by atoms with van der Waals surface area (Å²) in [7, 11) is 0. The molecule has 1 N–H and O–H groups in total. The fourth-order valence-corrected chi connectivity index (χ4v) is 3.80. The summed E-state index contributed by atoms with van der Waals surface area (Å²) in [4.78, 5) is 45.9. The number of amides is 2. The molecule has 2 amide bonds. The molecule has 0 spiro atoms. The first-order valence-corrected chi connectivity index (χ1v) is 10.4. The summed E-state index contributed by atoms with van der Waals surface area (Å²) in [5.41, 5.74) is 2.14. The largest absolute Gasteiger partial charge is 0.336 e. The van der Waals surface area contributed by atoms with Gasteiger partial charge in [0.15, 0.2) is 0 Å². The van der Waals surface area contributed by atoms with Crippen molar-refractivity contribution in [1.82, 2.24) is 19.2 Å². The lowest BCUT2D eigenvalue weighted by atomic mass is 10.1. The normalized spacial score (nSPS) is 14.5. The Kier molecular flexibility index (Phi) is 6.08. The number of aromatic nitrogens is 2. The third-order valence-electron chi connectivity index (χ3n) is 5.54. The van der Waals surface area contributed by atoms with Gasteiger partial charge in [0.05, 0.1) is 6.54 Å². The molecular formula is C23H25N5O3. The Bertz CT molecular complexity index is 1170. The van der Waals surface area contributed by atoms with Gasteiger partial charge in [0.1, 0.15) is 11.2 Å². The van der Waals surface area contributed by atoms with Crippen molar-refractivity contribution < 1.29 is 9.59 Å². The molecule has 8 nitrogen and oxygen atoms in total. The molecule has 4 rings (SSSR count). The molecule has 3 heterocycles. The quantitative estimate of drug-likeness (QED) is 0.680. The van der Waals surface area contributed by atoms with Crippen LogP contribution in [-0.4, -0.2) is 63.7 Å². The summed E-state index contributed by atoms with van der Waals surface area (Å²) in [5.74, 6) is -0.394. The minimum atomic E-state index is -0.369. The monoisotopic (exact) mass is 419 g/mol. The summed E-state index contributed by atoms with van der Waals surface area (Å²) in [5, 5.41) is 2.98. The molecule has 1 saturated heterocycles. The number of aryl methyl sites for hydroxylation is 1. The predicted octanol–water partition coefficient (Wildman–Crippen LogP) is 1.65. The Balaban J connectivity index is 1.35. The van der Waals surface area contributed by atoms with E-state index in [2.05, 4.69) is 17.2 Å². The highest BCUT2D eigenvalue weighted by Crippen LogP contribution is 2.15. The van der Waals surface area contributed by atoms with Gasteiger partial charge in [-0.25, -0.2) is 4.98 Å². The van der Waals surface area contributed by atoms with E-state index >= 15 is 0 Å². The zero-order valence-electron chi connectivity index (χ0n) is 17.5. The average Bonchev–Trinajstić information content (AvgIpc) is 2.80. The van der Waals surface area contributed by atoms with Crippen LogP contribution in [-0.2, 0) is 11.2 Å². The van der Waals surface area contributed by atoms with Crippen LogP contribution in [0.4, 0.5) is 5.69 Å². The van der Waals surface area contributed by atoms with Gasteiger partial charge < -0.3 is 10.2 Å².